The van der Waals surface area contributed by atoms with E-state index in [1.807, 2.05) is 6.20 Å². The van der Waals surface area contributed by atoms with Crippen molar-refractivity contribution in [3.63, 3.8) is 0 Å². The van der Waals surface area contributed by atoms with E-state index in [2.05, 4.69) is 28.2 Å². The van der Waals surface area contributed by atoms with Crippen molar-refractivity contribution in [2.24, 2.45) is 0 Å². The SMILES string of the molecule is CCCNCCCCn1cc(Br)ccc1=O. The quantitative estimate of drug-likeness (QED) is 0.781. The first kappa shape index (κ1) is 13.5. The average Bonchev–Trinajstić information content (AvgIpc) is 2.28. The van der Waals surface area contributed by atoms with Crippen molar-refractivity contribution in [1.29, 1.82) is 0 Å². The molecule has 16 heavy (non-hydrogen) atoms. The molecule has 0 bridgehead atoms. The Morgan fingerprint density at radius 3 is 2.88 bits per heavy atom. The Hall–Kier alpha value is -0.610. The molecule has 1 N–H and O–H groups in total. The van der Waals surface area contributed by atoms with E-state index in [0.29, 0.717) is 0 Å². The van der Waals surface area contributed by atoms with Crippen LogP contribution < -0.4 is 10.9 Å². The van der Waals surface area contributed by atoms with Crippen LogP contribution in [0.3, 0.4) is 0 Å². The highest BCUT2D eigenvalue weighted by Gasteiger charge is 1.96. The molecule has 1 aromatic heterocycles. The van der Waals surface area contributed by atoms with Gasteiger partial charge in [-0.15, -0.1) is 0 Å². The first-order valence-corrected chi connectivity index (χ1v) is 6.60. The summed E-state index contributed by atoms with van der Waals surface area (Å²) in [5, 5.41) is 3.35. The Bertz CT molecular complexity index is 362. The lowest BCUT2D eigenvalue weighted by Gasteiger charge is -2.06. The van der Waals surface area contributed by atoms with E-state index in [0.717, 1.165) is 36.9 Å². The lowest BCUT2D eigenvalue weighted by atomic mass is 10.3. The first-order valence-electron chi connectivity index (χ1n) is 5.80. The molecule has 0 amide bonds. The predicted octanol–water partition coefficient (Wildman–Crippen LogP) is 2.39. The summed E-state index contributed by atoms with van der Waals surface area (Å²) in [6.07, 6.45) is 5.17. The number of unbranched alkanes of at least 4 members (excludes halogenated alkanes) is 1. The summed E-state index contributed by atoms with van der Waals surface area (Å²) in [4.78, 5) is 11.5. The first-order chi connectivity index (χ1) is 7.74. The Morgan fingerprint density at radius 2 is 2.12 bits per heavy atom. The van der Waals surface area contributed by atoms with Gasteiger partial charge in [0, 0.05) is 23.3 Å². The van der Waals surface area contributed by atoms with Crippen molar-refractivity contribution in [2.75, 3.05) is 13.1 Å². The second-order valence-electron chi connectivity index (χ2n) is 3.84. The van der Waals surface area contributed by atoms with E-state index in [1.54, 1.807) is 16.7 Å². The molecular weight excluding hydrogens is 268 g/mol. The van der Waals surface area contributed by atoms with Gasteiger partial charge in [-0.25, -0.2) is 0 Å². The fourth-order valence-electron chi connectivity index (χ4n) is 1.51. The third-order valence-corrected chi connectivity index (χ3v) is 2.85. The van der Waals surface area contributed by atoms with Gasteiger partial charge >= 0.3 is 0 Å². The van der Waals surface area contributed by atoms with Crippen LogP contribution in [-0.4, -0.2) is 17.7 Å². The van der Waals surface area contributed by atoms with Crippen LogP contribution in [0, 0.1) is 0 Å². The van der Waals surface area contributed by atoms with Gasteiger partial charge in [0.25, 0.3) is 5.56 Å². The minimum Gasteiger partial charge on any atom is -0.317 e. The molecule has 0 aliphatic rings. The Kier molecular flexibility index (Phi) is 6.42. The molecule has 0 fully saturated rings. The second kappa shape index (κ2) is 7.63. The topological polar surface area (TPSA) is 34.0 Å². The molecule has 0 saturated carbocycles. The van der Waals surface area contributed by atoms with Crippen LogP contribution in [0.5, 0.6) is 0 Å². The molecule has 3 nitrogen and oxygen atoms in total. The van der Waals surface area contributed by atoms with Crippen LogP contribution in [0.2, 0.25) is 0 Å². The lowest BCUT2D eigenvalue weighted by molar-refractivity contribution is 0.557. The summed E-state index contributed by atoms with van der Waals surface area (Å²) >= 11 is 3.37. The van der Waals surface area contributed by atoms with Crippen LogP contribution >= 0.6 is 15.9 Å². The minimum absolute atomic E-state index is 0.0738. The highest BCUT2D eigenvalue weighted by Crippen LogP contribution is 2.05. The molecule has 1 heterocycles. The molecule has 0 spiro atoms. The number of aryl methyl sites for hydroxylation is 1. The van der Waals surface area contributed by atoms with Crippen molar-refractivity contribution < 1.29 is 0 Å². The molecule has 90 valence electrons. The molecule has 0 saturated heterocycles. The molecule has 0 radical (unpaired) electrons. The fraction of sp³-hybridized carbons (Fsp3) is 0.583. The van der Waals surface area contributed by atoms with Crippen LogP contribution in [-0.2, 0) is 6.54 Å². The summed E-state index contributed by atoms with van der Waals surface area (Å²) in [6.45, 7) is 5.08. The van der Waals surface area contributed by atoms with Crippen LogP contribution in [0.1, 0.15) is 26.2 Å². The highest BCUT2D eigenvalue weighted by molar-refractivity contribution is 9.10. The summed E-state index contributed by atoms with van der Waals surface area (Å²) in [5.74, 6) is 0. The van der Waals surface area contributed by atoms with E-state index in [1.165, 1.54) is 6.42 Å². The van der Waals surface area contributed by atoms with Crippen molar-refractivity contribution in [1.82, 2.24) is 9.88 Å². The molecule has 0 atom stereocenters. The average molecular weight is 287 g/mol. The molecule has 0 unspecified atom stereocenters. The zero-order chi connectivity index (χ0) is 11.8. The van der Waals surface area contributed by atoms with Crippen LogP contribution in [0.25, 0.3) is 0 Å². The van der Waals surface area contributed by atoms with Crippen molar-refractivity contribution in [3.05, 3.63) is 33.2 Å². The second-order valence-corrected chi connectivity index (χ2v) is 4.75. The highest BCUT2D eigenvalue weighted by atomic mass is 79.9. The minimum atomic E-state index is 0.0738. The zero-order valence-corrected chi connectivity index (χ0v) is 11.3. The fourth-order valence-corrected chi connectivity index (χ4v) is 1.89. The molecular formula is C12H19BrN2O. The third-order valence-electron chi connectivity index (χ3n) is 2.38. The standard InChI is InChI=1S/C12H19BrN2O/c1-2-7-14-8-3-4-9-15-10-11(13)5-6-12(15)16/h5-6,10,14H,2-4,7-9H2,1H3. The summed E-state index contributed by atoms with van der Waals surface area (Å²) in [5.41, 5.74) is 0.0738. The monoisotopic (exact) mass is 286 g/mol. The van der Waals surface area contributed by atoms with E-state index < -0.39 is 0 Å². The van der Waals surface area contributed by atoms with Gasteiger partial charge in [-0.1, -0.05) is 6.92 Å². The number of halogens is 1. The number of hydrogen-bond donors (Lipinski definition) is 1. The normalized spacial score (nSPS) is 10.6. The summed E-state index contributed by atoms with van der Waals surface area (Å²) in [7, 11) is 0. The molecule has 4 heteroatoms. The van der Waals surface area contributed by atoms with Crippen LogP contribution in [0.15, 0.2) is 27.6 Å². The van der Waals surface area contributed by atoms with Crippen molar-refractivity contribution >= 4 is 15.9 Å². The van der Waals surface area contributed by atoms with Gasteiger partial charge in [0.1, 0.15) is 0 Å². The van der Waals surface area contributed by atoms with Gasteiger partial charge < -0.3 is 9.88 Å². The number of pyridine rings is 1. The lowest BCUT2D eigenvalue weighted by Crippen LogP contribution is -2.20. The molecule has 0 aromatic carbocycles. The number of hydrogen-bond acceptors (Lipinski definition) is 2. The van der Waals surface area contributed by atoms with Gasteiger partial charge in [-0.3, -0.25) is 4.79 Å². The van der Waals surface area contributed by atoms with Gasteiger partial charge in [0.2, 0.25) is 0 Å². The number of nitrogens with one attached hydrogen (secondary N) is 1. The number of aromatic nitrogens is 1. The van der Waals surface area contributed by atoms with E-state index >= 15 is 0 Å². The maximum absolute atomic E-state index is 11.5. The van der Waals surface area contributed by atoms with Crippen LogP contribution in [0.4, 0.5) is 0 Å². The largest absolute Gasteiger partial charge is 0.317 e. The number of rotatable bonds is 7. The molecule has 1 aromatic rings. The molecule has 1 rings (SSSR count). The number of nitrogens with zero attached hydrogens (tertiary/aromatic N) is 1. The van der Waals surface area contributed by atoms with Gasteiger partial charge in [-0.2, -0.15) is 0 Å². The van der Waals surface area contributed by atoms with Crippen molar-refractivity contribution in [2.45, 2.75) is 32.7 Å². The van der Waals surface area contributed by atoms with Crippen molar-refractivity contribution in [3.8, 4) is 0 Å². The van der Waals surface area contributed by atoms with E-state index in [-0.39, 0.29) is 5.56 Å². The maximum Gasteiger partial charge on any atom is 0.250 e. The maximum atomic E-state index is 11.5. The summed E-state index contributed by atoms with van der Waals surface area (Å²) in [6, 6.07) is 3.38. The van der Waals surface area contributed by atoms with Gasteiger partial charge in [0.05, 0.1) is 0 Å². The Morgan fingerprint density at radius 1 is 1.31 bits per heavy atom. The molecule has 0 aliphatic carbocycles. The zero-order valence-electron chi connectivity index (χ0n) is 9.71. The smallest absolute Gasteiger partial charge is 0.250 e. The predicted molar refractivity (Wildman–Crippen MR) is 70.8 cm³/mol. The van der Waals surface area contributed by atoms with E-state index in [9.17, 15) is 4.79 Å². The Balaban J connectivity index is 2.26. The van der Waals surface area contributed by atoms with E-state index in [4.69, 9.17) is 0 Å². The Labute approximate surface area is 105 Å². The van der Waals surface area contributed by atoms with Gasteiger partial charge in [0.15, 0.2) is 0 Å². The molecule has 0 aliphatic heterocycles. The third kappa shape index (κ3) is 4.94. The van der Waals surface area contributed by atoms with Gasteiger partial charge in [-0.05, 0) is 54.3 Å². The summed E-state index contributed by atoms with van der Waals surface area (Å²) < 4.78 is 2.71.